The minimum atomic E-state index is -0.972. The van der Waals surface area contributed by atoms with Gasteiger partial charge in [0, 0.05) is 18.6 Å². The summed E-state index contributed by atoms with van der Waals surface area (Å²) in [5.41, 5.74) is -1.19. The second-order valence-electron chi connectivity index (χ2n) is 8.13. The number of amides is 1. The number of hydrogen-bond donors (Lipinski definition) is 0. The lowest BCUT2D eigenvalue weighted by atomic mass is 9.78. The third-order valence-electron chi connectivity index (χ3n) is 5.43. The highest BCUT2D eigenvalue weighted by atomic mass is 19.1. The quantitative estimate of drug-likeness (QED) is 0.785. The topological polar surface area (TPSA) is 38.8 Å². The molecule has 0 unspecified atom stereocenters. The molecule has 136 valence electrons. The SMILES string of the molecule is CC1CN(C(=O)Cc2cc(F)c(B3OC(C)(C)C(C)(C)O3)cc2F)C1. The molecule has 1 aromatic rings. The first-order chi connectivity index (χ1) is 11.5. The summed E-state index contributed by atoms with van der Waals surface area (Å²) in [5.74, 6) is -0.955. The van der Waals surface area contributed by atoms with Gasteiger partial charge in [-0.2, -0.15) is 0 Å². The summed E-state index contributed by atoms with van der Waals surface area (Å²) in [7, 11) is -0.972. The average molecular weight is 351 g/mol. The second-order valence-corrected chi connectivity index (χ2v) is 8.13. The van der Waals surface area contributed by atoms with Gasteiger partial charge in [0.1, 0.15) is 11.6 Å². The van der Waals surface area contributed by atoms with Gasteiger partial charge in [0.25, 0.3) is 0 Å². The lowest BCUT2D eigenvalue weighted by molar-refractivity contribution is -0.136. The van der Waals surface area contributed by atoms with E-state index in [-0.39, 0.29) is 23.4 Å². The smallest absolute Gasteiger partial charge is 0.399 e. The predicted octanol–water partition coefficient (Wildman–Crippen LogP) is 2.28. The van der Waals surface area contributed by atoms with Gasteiger partial charge < -0.3 is 14.2 Å². The molecular formula is C18H24BF2NO3. The van der Waals surface area contributed by atoms with Crippen LogP contribution in [0.1, 0.15) is 40.2 Å². The van der Waals surface area contributed by atoms with Crippen LogP contribution in [0.25, 0.3) is 0 Å². The summed E-state index contributed by atoms with van der Waals surface area (Å²) in [6.45, 7) is 10.8. The highest BCUT2D eigenvalue weighted by molar-refractivity contribution is 6.62. The van der Waals surface area contributed by atoms with Crippen molar-refractivity contribution in [2.24, 2.45) is 5.92 Å². The maximum absolute atomic E-state index is 14.5. The fourth-order valence-electron chi connectivity index (χ4n) is 3.07. The van der Waals surface area contributed by atoms with Crippen molar-refractivity contribution >= 4 is 18.5 Å². The van der Waals surface area contributed by atoms with E-state index in [9.17, 15) is 13.6 Å². The highest BCUT2D eigenvalue weighted by Gasteiger charge is 2.52. The second kappa shape index (κ2) is 6.06. The molecule has 1 amide bonds. The summed E-state index contributed by atoms with van der Waals surface area (Å²) in [6, 6.07) is 2.16. The summed E-state index contributed by atoms with van der Waals surface area (Å²) in [5, 5.41) is 0. The predicted molar refractivity (Wildman–Crippen MR) is 91.5 cm³/mol. The lowest BCUT2D eigenvalue weighted by Crippen LogP contribution is -2.49. The van der Waals surface area contributed by atoms with E-state index in [0.717, 1.165) is 12.1 Å². The van der Waals surface area contributed by atoms with Crippen molar-refractivity contribution in [3.8, 4) is 0 Å². The van der Waals surface area contributed by atoms with Crippen LogP contribution in [0.2, 0.25) is 0 Å². The largest absolute Gasteiger partial charge is 0.497 e. The summed E-state index contributed by atoms with van der Waals surface area (Å²) >= 11 is 0. The van der Waals surface area contributed by atoms with Crippen molar-refractivity contribution in [2.45, 2.75) is 52.2 Å². The van der Waals surface area contributed by atoms with Crippen molar-refractivity contribution in [3.63, 3.8) is 0 Å². The Morgan fingerprint density at radius 2 is 1.72 bits per heavy atom. The van der Waals surface area contributed by atoms with Crippen LogP contribution in [0.15, 0.2) is 12.1 Å². The number of likely N-dealkylation sites (tertiary alicyclic amines) is 1. The number of nitrogens with zero attached hydrogens (tertiary/aromatic N) is 1. The molecule has 0 radical (unpaired) electrons. The van der Waals surface area contributed by atoms with Crippen molar-refractivity contribution < 1.29 is 22.9 Å². The first-order valence-corrected chi connectivity index (χ1v) is 8.61. The minimum absolute atomic E-state index is 0.0184. The van der Waals surface area contributed by atoms with Crippen LogP contribution in [-0.2, 0) is 20.5 Å². The van der Waals surface area contributed by atoms with Crippen LogP contribution in [0, 0.1) is 17.6 Å². The van der Waals surface area contributed by atoms with Crippen LogP contribution in [0.5, 0.6) is 0 Å². The van der Waals surface area contributed by atoms with Crippen LogP contribution in [0.4, 0.5) is 8.78 Å². The molecule has 0 aliphatic carbocycles. The molecule has 4 nitrogen and oxygen atoms in total. The van der Waals surface area contributed by atoms with Gasteiger partial charge in [-0.25, -0.2) is 8.78 Å². The number of halogens is 2. The van der Waals surface area contributed by atoms with Gasteiger partial charge in [0.05, 0.1) is 17.6 Å². The standard InChI is InChI=1S/C18H24BF2NO3/c1-11-9-22(10-11)16(23)7-12-6-15(21)13(8-14(12)20)19-24-17(2,3)18(4,5)25-19/h6,8,11H,7,9-10H2,1-5H3. The zero-order valence-electron chi connectivity index (χ0n) is 15.4. The first kappa shape index (κ1) is 18.3. The van der Waals surface area contributed by atoms with E-state index in [0.29, 0.717) is 19.0 Å². The molecule has 3 rings (SSSR count). The van der Waals surface area contributed by atoms with Gasteiger partial charge in [-0.05, 0) is 51.3 Å². The minimum Gasteiger partial charge on any atom is -0.399 e. The van der Waals surface area contributed by atoms with Crippen LogP contribution >= 0.6 is 0 Å². The van der Waals surface area contributed by atoms with E-state index in [2.05, 4.69) is 0 Å². The Morgan fingerprint density at radius 1 is 1.16 bits per heavy atom. The molecule has 7 heteroatoms. The highest BCUT2D eigenvalue weighted by Crippen LogP contribution is 2.36. The van der Waals surface area contributed by atoms with E-state index in [1.165, 1.54) is 0 Å². The average Bonchev–Trinajstić information content (AvgIpc) is 2.67. The van der Waals surface area contributed by atoms with E-state index >= 15 is 0 Å². The van der Waals surface area contributed by atoms with Gasteiger partial charge >= 0.3 is 7.12 Å². The number of carbonyl (C=O) groups is 1. The Bertz CT molecular complexity index is 686. The van der Waals surface area contributed by atoms with Gasteiger partial charge in [0.2, 0.25) is 5.91 Å². The van der Waals surface area contributed by atoms with Gasteiger partial charge in [-0.1, -0.05) is 6.92 Å². The van der Waals surface area contributed by atoms with Gasteiger partial charge in [-0.3, -0.25) is 4.79 Å². The number of rotatable bonds is 3. The molecule has 2 heterocycles. The maximum Gasteiger partial charge on any atom is 0.497 e. The van der Waals surface area contributed by atoms with Crippen molar-refractivity contribution in [1.29, 1.82) is 0 Å². The number of carbonyl (C=O) groups excluding carboxylic acids is 1. The van der Waals surface area contributed by atoms with E-state index in [1.54, 1.807) is 4.90 Å². The molecule has 0 spiro atoms. The molecule has 2 fully saturated rings. The number of benzene rings is 1. The Kier molecular flexibility index (Phi) is 4.44. The molecular weight excluding hydrogens is 327 g/mol. The monoisotopic (exact) mass is 351 g/mol. The van der Waals surface area contributed by atoms with E-state index in [1.807, 2.05) is 34.6 Å². The zero-order valence-corrected chi connectivity index (χ0v) is 15.4. The molecule has 0 atom stereocenters. The van der Waals surface area contributed by atoms with Crippen molar-refractivity contribution in [3.05, 3.63) is 29.3 Å². The molecule has 2 saturated heterocycles. The molecule has 1 aromatic carbocycles. The fraction of sp³-hybridized carbons (Fsp3) is 0.611. The summed E-state index contributed by atoms with van der Waals surface area (Å²) in [4.78, 5) is 13.8. The van der Waals surface area contributed by atoms with E-state index < -0.39 is 30.0 Å². The van der Waals surface area contributed by atoms with Crippen LogP contribution < -0.4 is 5.46 Å². The zero-order chi connectivity index (χ0) is 18.6. The van der Waals surface area contributed by atoms with Gasteiger partial charge in [0.15, 0.2) is 0 Å². The molecule has 2 aliphatic rings. The van der Waals surface area contributed by atoms with Crippen LogP contribution in [0.3, 0.4) is 0 Å². The Balaban J connectivity index is 1.78. The molecule has 0 bridgehead atoms. The summed E-state index contributed by atoms with van der Waals surface area (Å²) in [6.07, 6.45) is -0.140. The molecule has 0 N–H and O–H groups in total. The first-order valence-electron chi connectivity index (χ1n) is 8.61. The van der Waals surface area contributed by atoms with Crippen molar-refractivity contribution in [1.82, 2.24) is 4.90 Å². The van der Waals surface area contributed by atoms with E-state index in [4.69, 9.17) is 9.31 Å². The Morgan fingerprint density at radius 3 is 2.24 bits per heavy atom. The lowest BCUT2D eigenvalue weighted by Gasteiger charge is -2.37. The molecule has 0 aromatic heterocycles. The molecule has 0 saturated carbocycles. The maximum atomic E-state index is 14.5. The van der Waals surface area contributed by atoms with Crippen LogP contribution in [-0.4, -0.2) is 42.2 Å². The van der Waals surface area contributed by atoms with Gasteiger partial charge in [-0.15, -0.1) is 0 Å². The Labute approximate surface area is 147 Å². The third-order valence-corrected chi connectivity index (χ3v) is 5.43. The normalized spacial score (nSPS) is 22.2. The third kappa shape index (κ3) is 3.32. The number of hydrogen-bond acceptors (Lipinski definition) is 3. The van der Waals surface area contributed by atoms with Crippen molar-refractivity contribution in [2.75, 3.05) is 13.1 Å². The Hall–Kier alpha value is -1.47. The fourth-order valence-corrected chi connectivity index (χ4v) is 3.07. The molecule has 25 heavy (non-hydrogen) atoms. The summed E-state index contributed by atoms with van der Waals surface area (Å²) < 4.78 is 40.5. The molecule has 2 aliphatic heterocycles.